The van der Waals surface area contributed by atoms with Crippen LogP contribution in [-0.4, -0.2) is 34.2 Å². The van der Waals surface area contributed by atoms with Gasteiger partial charge in [-0.15, -0.1) is 0 Å². The number of furan rings is 1. The fourth-order valence-electron chi connectivity index (χ4n) is 3.35. The van der Waals surface area contributed by atoms with Crippen molar-refractivity contribution in [2.24, 2.45) is 7.05 Å². The summed E-state index contributed by atoms with van der Waals surface area (Å²) in [4.78, 5) is 14.7. The molecule has 0 radical (unpaired) electrons. The Morgan fingerprint density at radius 2 is 2.23 bits per heavy atom. The highest BCUT2D eigenvalue weighted by Crippen LogP contribution is 2.39. The van der Waals surface area contributed by atoms with Crippen LogP contribution in [0.5, 0.6) is 5.88 Å². The highest BCUT2D eigenvalue weighted by molar-refractivity contribution is 5.95. The second kappa shape index (κ2) is 5.51. The zero-order valence-electron chi connectivity index (χ0n) is 13.4. The van der Waals surface area contributed by atoms with Crippen molar-refractivity contribution in [3.05, 3.63) is 34.9 Å². The summed E-state index contributed by atoms with van der Waals surface area (Å²) in [5.41, 5.74) is 2.55. The van der Waals surface area contributed by atoms with Crippen molar-refractivity contribution in [3.63, 3.8) is 0 Å². The number of rotatable bonds is 3. The van der Waals surface area contributed by atoms with Gasteiger partial charge in [-0.2, -0.15) is 5.10 Å². The molecule has 6 nitrogen and oxygen atoms in total. The molecule has 1 fully saturated rings. The van der Waals surface area contributed by atoms with E-state index in [9.17, 15) is 4.79 Å². The third-order valence-electron chi connectivity index (χ3n) is 4.34. The third-order valence-corrected chi connectivity index (χ3v) is 4.34. The fourth-order valence-corrected chi connectivity index (χ4v) is 3.35. The number of hydrogen-bond acceptors (Lipinski definition) is 4. The molecular weight excluding hydrogens is 282 g/mol. The largest absolute Gasteiger partial charge is 0.481 e. The maximum Gasteiger partial charge on any atom is 0.257 e. The molecule has 118 valence electrons. The van der Waals surface area contributed by atoms with Crippen LogP contribution in [0.2, 0.25) is 0 Å². The van der Waals surface area contributed by atoms with Crippen LogP contribution in [-0.2, 0) is 7.05 Å². The molecule has 2 aromatic rings. The summed E-state index contributed by atoms with van der Waals surface area (Å²) in [5, 5.41) is 4.44. The molecule has 0 saturated carbocycles. The average molecular weight is 303 g/mol. The molecule has 0 unspecified atom stereocenters. The maximum absolute atomic E-state index is 12.8. The van der Waals surface area contributed by atoms with E-state index < -0.39 is 0 Å². The van der Waals surface area contributed by atoms with Crippen LogP contribution >= 0.6 is 0 Å². The van der Waals surface area contributed by atoms with Crippen LogP contribution in [0.3, 0.4) is 0 Å². The number of methoxy groups -OCH3 is 1. The van der Waals surface area contributed by atoms with Gasteiger partial charge in [-0.3, -0.25) is 4.79 Å². The van der Waals surface area contributed by atoms with Crippen LogP contribution in [0.4, 0.5) is 0 Å². The molecule has 2 aromatic heterocycles. The molecular formula is C16H21N3O3. The van der Waals surface area contributed by atoms with Gasteiger partial charge in [-0.05, 0) is 32.8 Å². The summed E-state index contributed by atoms with van der Waals surface area (Å²) in [6, 6.07) is 1.74. The summed E-state index contributed by atoms with van der Waals surface area (Å²) >= 11 is 0. The van der Waals surface area contributed by atoms with Gasteiger partial charge in [-0.25, -0.2) is 4.68 Å². The van der Waals surface area contributed by atoms with E-state index in [1.807, 2.05) is 25.8 Å². The topological polar surface area (TPSA) is 60.5 Å². The van der Waals surface area contributed by atoms with Crippen LogP contribution in [0.25, 0.3) is 0 Å². The highest BCUT2D eigenvalue weighted by atomic mass is 16.5. The lowest BCUT2D eigenvalue weighted by Crippen LogP contribution is -2.31. The van der Waals surface area contributed by atoms with Crippen molar-refractivity contribution in [2.75, 3.05) is 13.7 Å². The molecule has 0 aromatic carbocycles. The molecule has 3 heterocycles. The third kappa shape index (κ3) is 2.19. The smallest absolute Gasteiger partial charge is 0.257 e. The first-order valence-corrected chi connectivity index (χ1v) is 7.47. The molecule has 6 heteroatoms. The molecule has 1 aliphatic rings. The molecule has 3 rings (SSSR count). The van der Waals surface area contributed by atoms with Gasteiger partial charge in [0.25, 0.3) is 5.91 Å². The molecule has 0 bridgehead atoms. The second-order valence-corrected chi connectivity index (χ2v) is 5.68. The first-order valence-electron chi connectivity index (χ1n) is 7.47. The Labute approximate surface area is 129 Å². The van der Waals surface area contributed by atoms with Crippen molar-refractivity contribution in [1.82, 2.24) is 14.7 Å². The van der Waals surface area contributed by atoms with E-state index in [0.717, 1.165) is 36.5 Å². The van der Waals surface area contributed by atoms with Gasteiger partial charge in [-0.1, -0.05) is 0 Å². The van der Waals surface area contributed by atoms with Gasteiger partial charge in [0.05, 0.1) is 36.2 Å². The second-order valence-electron chi connectivity index (χ2n) is 5.68. The van der Waals surface area contributed by atoms with Crippen molar-refractivity contribution in [3.8, 4) is 5.88 Å². The lowest BCUT2D eigenvalue weighted by atomic mass is 10.0. The Bertz CT molecular complexity index is 702. The van der Waals surface area contributed by atoms with Gasteiger partial charge in [0.2, 0.25) is 5.88 Å². The minimum Gasteiger partial charge on any atom is -0.481 e. The zero-order valence-corrected chi connectivity index (χ0v) is 13.4. The van der Waals surface area contributed by atoms with Gasteiger partial charge in [0.15, 0.2) is 0 Å². The van der Waals surface area contributed by atoms with Crippen molar-refractivity contribution >= 4 is 5.91 Å². The number of ether oxygens (including phenoxy) is 1. The number of carbonyl (C=O) groups excluding carboxylic acids is 1. The van der Waals surface area contributed by atoms with E-state index in [0.29, 0.717) is 11.3 Å². The van der Waals surface area contributed by atoms with Crippen LogP contribution in [0, 0.1) is 13.8 Å². The maximum atomic E-state index is 12.8. The molecule has 1 aliphatic heterocycles. The minimum atomic E-state index is 0.00505. The van der Waals surface area contributed by atoms with Crippen LogP contribution in [0.15, 0.2) is 16.7 Å². The van der Waals surface area contributed by atoms with E-state index in [1.54, 1.807) is 24.1 Å². The molecule has 0 aliphatic carbocycles. The summed E-state index contributed by atoms with van der Waals surface area (Å²) in [5.74, 6) is 1.40. The number of carbonyl (C=O) groups is 1. The molecule has 0 spiro atoms. The molecule has 1 amide bonds. The number of aromatic nitrogens is 2. The van der Waals surface area contributed by atoms with Crippen LogP contribution in [0.1, 0.15) is 46.3 Å². The Hall–Kier alpha value is -2.24. The summed E-state index contributed by atoms with van der Waals surface area (Å²) in [6.07, 6.45) is 3.46. The molecule has 0 N–H and O–H groups in total. The van der Waals surface area contributed by atoms with E-state index in [4.69, 9.17) is 9.15 Å². The van der Waals surface area contributed by atoms with Gasteiger partial charge >= 0.3 is 0 Å². The minimum absolute atomic E-state index is 0.00505. The van der Waals surface area contributed by atoms with Crippen molar-refractivity contribution < 1.29 is 13.9 Å². The number of aryl methyl sites for hydroxylation is 3. The average Bonchev–Trinajstić information content (AvgIpc) is 3.16. The lowest BCUT2D eigenvalue weighted by molar-refractivity contribution is 0.0732. The summed E-state index contributed by atoms with van der Waals surface area (Å²) in [7, 11) is 3.50. The van der Waals surface area contributed by atoms with E-state index in [1.165, 1.54) is 0 Å². The first-order chi connectivity index (χ1) is 10.5. The summed E-state index contributed by atoms with van der Waals surface area (Å²) in [6.45, 7) is 4.52. The summed E-state index contributed by atoms with van der Waals surface area (Å²) < 4.78 is 12.5. The standard InChI is InChI=1S/C16H21N3O3/c1-10-14(16(21-4)18(3)17-10)13-6-5-8-19(13)15(20)12-7-9-22-11(12)2/h7,9,13H,5-6,8H2,1-4H3/t13-/m1/s1. The zero-order chi connectivity index (χ0) is 15.9. The van der Waals surface area contributed by atoms with E-state index in [-0.39, 0.29) is 11.9 Å². The predicted molar refractivity (Wildman–Crippen MR) is 81.0 cm³/mol. The van der Waals surface area contributed by atoms with Gasteiger partial charge < -0.3 is 14.1 Å². The van der Waals surface area contributed by atoms with Crippen molar-refractivity contribution in [1.29, 1.82) is 0 Å². The first kappa shape index (κ1) is 14.7. The van der Waals surface area contributed by atoms with Gasteiger partial charge in [0.1, 0.15) is 5.76 Å². The SMILES string of the molecule is COc1c([C@H]2CCCN2C(=O)c2ccoc2C)c(C)nn1C. The number of likely N-dealkylation sites (tertiary alicyclic amines) is 1. The van der Waals surface area contributed by atoms with E-state index >= 15 is 0 Å². The van der Waals surface area contributed by atoms with E-state index in [2.05, 4.69) is 5.10 Å². The van der Waals surface area contributed by atoms with Gasteiger partial charge in [0, 0.05) is 13.6 Å². The highest BCUT2D eigenvalue weighted by Gasteiger charge is 2.36. The molecule has 1 atom stereocenters. The monoisotopic (exact) mass is 303 g/mol. The number of amides is 1. The number of nitrogens with zero attached hydrogens (tertiary/aromatic N) is 3. The predicted octanol–water partition coefficient (Wildman–Crippen LogP) is 2.62. The Morgan fingerprint density at radius 1 is 1.45 bits per heavy atom. The Morgan fingerprint density at radius 3 is 2.86 bits per heavy atom. The lowest BCUT2D eigenvalue weighted by Gasteiger charge is -2.25. The number of hydrogen-bond donors (Lipinski definition) is 0. The molecule has 22 heavy (non-hydrogen) atoms. The van der Waals surface area contributed by atoms with Crippen molar-refractivity contribution in [2.45, 2.75) is 32.7 Å². The fraction of sp³-hybridized carbons (Fsp3) is 0.500. The molecule has 1 saturated heterocycles. The quantitative estimate of drug-likeness (QED) is 0.874. The normalized spacial score (nSPS) is 18.0. The Kier molecular flexibility index (Phi) is 3.68. The van der Waals surface area contributed by atoms with Crippen LogP contribution < -0.4 is 4.74 Å². The Balaban J connectivity index is 1.98.